The normalized spacial score (nSPS) is 10.4. The van der Waals surface area contributed by atoms with Crippen molar-refractivity contribution in [3.8, 4) is 17.2 Å². The van der Waals surface area contributed by atoms with E-state index < -0.39 is 0 Å². The highest BCUT2D eigenvalue weighted by molar-refractivity contribution is 5.94. The van der Waals surface area contributed by atoms with Crippen molar-refractivity contribution in [2.45, 2.75) is 26.9 Å². The molecular formula is C25H28N2O4. The van der Waals surface area contributed by atoms with Crippen molar-refractivity contribution in [2.75, 3.05) is 19.8 Å². The fraction of sp³-hybridized carbons (Fsp3) is 0.280. The number of hydrogen-bond acceptors (Lipinski definition) is 5. The Kier molecular flexibility index (Phi) is 8.29. The van der Waals surface area contributed by atoms with Crippen molar-refractivity contribution in [2.24, 2.45) is 0 Å². The molecule has 0 bridgehead atoms. The largest absolute Gasteiger partial charge is 0.494 e. The maximum absolute atomic E-state index is 12.5. The molecule has 0 fully saturated rings. The molecule has 162 valence electrons. The van der Waals surface area contributed by atoms with Gasteiger partial charge in [0.1, 0.15) is 12.4 Å². The Morgan fingerprint density at radius 3 is 2.58 bits per heavy atom. The summed E-state index contributed by atoms with van der Waals surface area (Å²) in [5, 5.41) is 2.92. The average molecular weight is 421 g/mol. The summed E-state index contributed by atoms with van der Waals surface area (Å²) in [6.45, 7) is 5.86. The van der Waals surface area contributed by atoms with Crippen LogP contribution in [0, 0.1) is 6.92 Å². The first kappa shape index (κ1) is 22.2. The summed E-state index contributed by atoms with van der Waals surface area (Å²) >= 11 is 0. The smallest absolute Gasteiger partial charge is 0.251 e. The van der Waals surface area contributed by atoms with E-state index in [1.807, 2.05) is 50.2 Å². The van der Waals surface area contributed by atoms with Crippen molar-refractivity contribution < 1.29 is 19.0 Å². The minimum Gasteiger partial charge on any atom is -0.494 e. The molecule has 1 aromatic heterocycles. The second-order valence-electron chi connectivity index (χ2n) is 7.01. The van der Waals surface area contributed by atoms with Crippen molar-refractivity contribution >= 4 is 5.91 Å². The number of benzene rings is 2. The van der Waals surface area contributed by atoms with E-state index in [0.29, 0.717) is 49.8 Å². The number of ether oxygens (including phenoxy) is 3. The molecule has 6 heteroatoms. The maximum atomic E-state index is 12.5. The summed E-state index contributed by atoms with van der Waals surface area (Å²) < 4.78 is 17.3. The lowest BCUT2D eigenvalue weighted by atomic mass is 10.2. The zero-order valence-corrected chi connectivity index (χ0v) is 18.0. The maximum Gasteiger partial charge on any atom is 0.251 e. The lowest BCUT2D eigenvalue weighted by molar-refractivity contribution is 0.0951. The standard InChI is InChI=1S/C25H28N2O4/c1-3-29-24-17-21(8-9-23(24)31-18-20-10-13-26-14-11-20)25(28)27-12-5-15-30-22-7-4-6-19(2)16-22/h4,6-11,13-14,16-17H,3,5,12,15,18H2,1-2H3,(H,27,28). The van der Waals surface area contributed by atoms with E-state index in [4.69, 9.17) is 14.2 Å². The summed E-state index contributed by atoms with van der Waals surface area (Å²) in [4.78, 5) is 16.5. The molecule has 6 nitrogen and oxygen atoms in total. The zero-order valence-electron chi connectivity index (χ0n) is 18.0. The van der Waals surface area contributed by atoms with E-state index in [2.05, 4.69) is 10.3 Å². The Balaban J connectivity index is 1.50. The first-order valence-electron chi connectivity index (χ1n) is 10.4. The van der Waals surface area contributed by atoms with Gasteiger partial charge in [-0.25, -0.2) is 0 Å². The lowest BCUT2D eigenvalue weighted by Crippen LogP contribution is -2.25. The van der Waals surface area contributed by atoms with Gasteiger partial charge in [-0.05, 0) is 73.9 Å². The Labute approximate surface area is 183 Å². The SMILES string of the molecule is CCOc1cc(C(=O)NCCCOc2cccc(C)c2)ccc1OCc1ccncc1. The number of hydrogen-bond donors (Lipinski definition) is 1. The number of nitrogens with zero attached hydrogens (tertiary/aromatic N) is 1. The first-order valence-corrected chi connectivity index (χ1v) is 10.4. The van der Waals surface area contributed by atoms with Crippen LogP contribution in [0.15, 0.2) is 67.0 Å². The fourth-order valence-corrected chi connectivity index (χ4v) is 2.95. The molecule has 0 saturated heterocycles. The zero-order chi connectivity index (χ0) is 21.9. The number of rotatable bonds is 11. The minimum absolute atomic E-state index is 0.155. The molecule has 0 saturated carbocycles. The van der Waals surface area contributed by atoms with Crippen molar-refractivity contribution in [1.82, 2.24) is 10.3 Å². The van der Waals surface area contributed by atoms with Crippen LogP contribution in [-0.4, -0.2) is 30.6 Å². The summed E-state index contributed by atoms with van der Waals surface area (Å²) in [6.07, 6.45) is 4.16. The summed E-state index contributed by atoms with van der Waals surface area (Å²) in [7, 11) is 0. The molecule has 0 radical (unpaired) electrons. The number of carbonyl (C=O) groups is 1. The molecule has 0 unspecified atom stereocenters. The van der Waals surface area contributed by atoms with Crippen LogP contribution in [0.4, 0.5) is 0 Å². The molecule has 31 heavy (non-hydrogen) atoms. The van der Waals surface area contributed by atoms with E-state index in [1.165, 1.54) is 0 Å². The molecule has 1 heterocycles. The van der Waals surface area contributed by atoms with Gasteiger partial charge in [-0.15, -0.1) is 0 Å². The second-order valence-corrected chi connectivity index (χ2v) is 7.01. The third-order valence-electron chi connectivity index (χ3n) is 4.51. The number of nitrogens with one attached hydrogen (secondary N) is 1. The molecule has 0 aliphatic carbocycles. The van der Waals surface area contributed by atoms with Gasteiger partial charge in [0.15, 0.2) is 11.5 Å². The predicted octanol–water partition coefficient (Wildman–Crippen LogP) is 4.57. The highest BCUT2D eigenvalue weighted by atomic mass is 16.5. The second kappa shape index (κ2) is 11.6. The fourth-order valence-electron chi connectivity index (χ4n) is 2.95. The van der Waals surface area contributed by atoms with Crippen LogP contribution >= 0.6 is 0 Å². The Morgan fingerprint density at radius 1 is 0.968 bits per heavy atom. The van der Waals surface area contributed by atoms with E-state index >= 15 is 0 Å². The third-order valence-corrected chi connectivity index (χ3v) is 4.51. The Morgan fingerprint density at radius 2 is 1.81 bits per heavy atom. The van der Waals surface area contributed by atoms with Gasteiger partial charge in [0.25, 0.3) is 5.91 Å². The van der Waals surface area contributed by atoms with Crippen LogP contribution in [0.5, 0.6) is 17.2 Å². The Hall–Kier alpha value is -3.54. The lowest BCUT2D eigenvalue weighted by Gasteiger charge is -2.14. The van der Waals surface area contributed by atoms with E-state index in [-0.39, 0.29) is 5.91 Å². The molecule has 0 atom stereocenters. The molecule has 3 aromatic rings. The van der Waals surface area contributed by atoms with E-state index in [0.717, 1.165) is 16.9 Å². The van der Waals surface area contributed by atoms with Crippen LogP contribution < -0.4 is 19.5 Å². The summed E-state index contributed by atoms with van der Waals surface area (Å²) in [5.41, 5.74) is 2.69. The van der Waals surface area contributed by atoms with Gasteiger partial charge in [0.05, 0.1) is 13.2 Å². The molecule has 3 rings (SSSR count). The number of aromatic nitrogens is 1. The van der Waals surface area contributed by atoms with Crippen LogP contribution in [0.25, 0.3) is 0 Å². The minimum atomic E-state index is -0.155. The van der Waals surface area contributed by atoms with E-state index in [1.54, 1.807) is 30.6 Å². The first-order chi connectivity index (χ1) is 15.2. The van der Waals surface area contributed by atoms with Gasteiger partial charge in [0.2, 0.25) is 0 Å². The molecule has 0 aliphatic rings. The molecular weight excluding hydrogens is 392 g/mol. The number of carbonyl (C=O) groups excluding carboxylic acids is 1. The summed E-state index contributed by atoms with van der Waals surface area (Å²) in [6, 6.07) is 16.9. The molecule has 0 spiro atoms. The molecule has 1 N–H and O–H groups in total. The number of amides is 1. The Bertz CT molecular complexity index is 976. The van der Waals surface area contributed by atoms with Crippen molar-refractivity contribution in [3.63, 3.8) is 0 Å². The third kappa shape index (κ3) is 7.03. The quantitative estimate of drug-likeness (QED) is 0.460. The predicted molar refractivity (Wildman–Crippen MR) is 120 cm³/mol. The van der Waals surface area contributed by atoms with Crippen LogP contribution in [0.2, 0.25) is 0 Å². The van der Waals surface area contributed by atoms with E-state index in [9.17, 15) is 4.79 Å². The topological polar surface area (TPSA) is 69.7 Å². The van der Waals surface area contributed by atoms with Crippen LogP contribution in [0.3, 0.4) is 0 Å². The molecule has 1 amide bonds. The monoisotopic (exact) mass is 420 g/mol. The molecule has 2 aromatic carbocycles. The van der Waals surface area contributed by atoms with Gasteiger partial charge in [0, 0.05) is 24.5 Å². The van der Waals surface area contributed by atoms with Gasteiger partial charge < -0.3 is 19.5 Å². The van der Waals surface area contributed by atoms with Gasteiger partial charge in [-0.1, -0.05) is 12.1 Å². The van der Waals surface area contributed by atoms with Crippen molar-refractivity contribution in [3.05, 3.63) is 83.7 Å². The van der Waals surface area contributed by atoms with Crippen molar-refractivity contribution in [1.29, 1.82) is 0 Å². The highest BCUT2D eigenvalue weighted by Gasteiger charge is 2.12. The average Bonchev–Trinajstić information content (AvgIpc) is 2.79. The van der Waals surface area contributed by atoms with Crippen LogP contribution in [-0.2, 0) is 6.61 Å². The highest BCUT2D eigenvalue weighted by Crippen LogP contribution is 2.29. The molecule has 0 aliphatic heterocycles. The number of aryl methyl sites for hydroxylation is 1. The van der Waals surface area contributed by atoms with Crippen LogP contribution in [0.1, 0.15) is 34.8 Å². The van der Waals surface area contributed by atoms with Gasteiger partial charge in [-0.3, -0.25) is 9.78 Å². The van der Waals surface area contributed by atoms with Gasteiger partial charge in [-0.2, -0.15) is 0 Å². The number of pyridine rings is 1. The summed E-state index contributed by atoms with van der Waals surface area (Å²) in [5.74, 6) is 1.83. The van der Waals surface area contributed by atoms with Gasteiger partial charge >= 0.3 is 0 Å².